The summed E-state index contributed by atoms with van der Waals surface area (Å²) >= 11 is 6.37. The number of anilines is 1. The first kappa shape index (κ1) is 29.3. The maximum absolute atomic E-state index is 13.3. The van der Waals surface area contributed by atoms with Crippen molar-refractivity contribution in [3.8, 4) is 5.75 Å². The van der Waals surface area contributed by atoms with Crippen LogP contribution in [-0.2, 0) is 21.9 Å². The summed E-state index contributed by atoms with van der Waals surface area (Å²) in [6, 6.07) is 11.3. The zero-order chi connectivity index (χ0) is 29.6. The van der Waals surface area contributed by atoms with Crippen molar-refractivity contribution in [2.24, 2.45) is 17.8 Å². The van der Waals surface area contributed by atoms with Gasteiger partial charge in [0, 0.05) is 29.1 Å². The van der Waals surface area contributed by atoms with Crippen molar-refractivity contribution < 1.29 is 23.1 Å². The first-order chi connectivity index (χ1) is 20.1. The number of ether oxygens (including phenoxy) is 1. The topological polar surface area (TPSA) is 95.9 Å². The van der Waals surface area contributed by atoms with E-state index in [4.69, 9.17) is 16.3 Å². The van der Waals surface area contributed by atoms with Gasteiger partial charge in [-0.3, -0.25) is 4.79 Å². The molecule has 9 heteroatoms. The molecule has 0 bridgehead atoms. The van der Waals surface area contributed by atoms with Crippen LogP contribution in [-0.4, -0.2) is 50.5 Å². The van der Waals surface area contributed by atoms with Crippen molar-refractivity contribution in [1.29, 1.82) is 0 Å². The first-order valence-electron chi connectivity index (χ1n) is 14.9. The van der Waals surface area contributed by atoms with Gasteiger partial charge in [0.1, 0.15) is 5.75 Å². The van der Waals surface area contributed by atoms with Crippen LogP contribution in [0.25, 0.3) is 0 Å². The molecule has 6 rings (SSSR count). The van der Waals surface area contributed by atoms with Gasteiger partial charge in [-0.05, 0) is 104 Å². The van der Waals surface area contributed by atoms with Gasteiger partial charge >= 0.3 is 0 Å². The van der Waals surface area contributed by atoms with Gasteiger partial charge in [-0.1, -0.05) is 29.8 Å². The lowest BCUT2D eigenvalue weighted by molar-refractivity contribution is 0.0460. The first-order valence-corrected chi connectivity index (χ1v) is 16.8. The minimum Gasteiger partial charge on any atom is -0.490 e. The monoisotopic (exact) mass is 610 g/mol. The maximum atomic E-state index is 13.3. The van der Waals surface area contributed by atoms with Crippen LogP contribution in [0.5, 0.6) is 5.75 Å². The zero-order valence-electron chi connectivity index (χ0n) is 23.8. The zero-order valence-corrected chi connectivity index (χ0v) is 25.4. The molecule has 2 aromatic rings. The minimum atomic E-state index is -3.78. The van der Waals surface area contributed by atoms with E-state index < -0.39 is 27.3 Å². The number of hydrogen-bond donors (Lipinski definition) is 2. The average molecular weight is 611 g/mol. The SMILES string of the molecule is C=CC[C@@H]1C[C@H]1S(=O)(=O)NC(=O)c1ccc2c(c1)N(C[C@@H]1CC[C@H]1[C@@H](O)C=C)CC1(CCCc3cc(Cl)ccc31)CO2. The van der Waals surface area contributed by atoms with E-state index in [1.165, 1.54) is 11.1 Å². The van der Waals surface area contributed by atoms with Crippen molar-refractivity contribution in [3.63, 3.8) is 0 Å². The standard InChI is InChI=1S/C33H39ClN2O5S/c1-3-6-22-17-31(22)42(39,40)35-32(38)23-9-13-30-28(16-23)36(18-24-8-11-26(24)29(37)4-2)19-33(20-41-30)14-5-7-21-15-25(34)10-12-27(21)33/h3-4,9-10,12-13,15-16,22,24,26,29,31,37H,1-2,5-8,11,14,17-20H2,(H,35,38)/t22-,24+,26-,29+,31-,33?/m1/s1. The van der Waals surface area contributed by atoms with Gasteiger partial charge in [0.05, 0.1) is 23.6 Å². The lowest BCUT2D eigenvalue weighted by atomic mass is 9.68. The number of carbonyl (C=O) groups is 1. The Kier molecular flexibility index (Phi) is 7.92. The number of aryl methyl sites for hydroxylation is 1. The molecule has 7 nitrogen and oxygen atoms in total. The molecule has 2 fully saturated rings. The number of hydrogen-bond acceptors (Lipinski definition) is 6. The number of nitrogens with zero attached hydrogens (tertiary/aromatic N) is 1. The van der Waals surface area contributed by atoms with Gasteiger partial charge < -0.3 is 14.7 Å². The number of carbonyl (C=O) groups excluding carboxylic acids is 1. The Morgan fingerprint density at radius 1 is 1.21 bits per heavy atom. The van der Waals surface area contributed by atoms with E-state index in [1.807, 2.05) is 6.07 Å². The van der Waals surface area contributed by atoms with E-state index >= 15 is 0 Å². The van der Waals surface area contributed by atoms with E-state index in [-0.39, 0.29) is 28.7 Å². The maximum Gasteiger partial charge on any atom is 0.264 e. The van der Waals surface area contributed by atoms with Crippen molar-refractivity contribution in [3.05, 3.63) is 83.4 Å². The van der Waals surface area contributed by atoms with Crippen LogP contribution in [0.1, 0.15) is 60.0 Å². The van der Waals surface area contributed by atoms with Crippen LogP contribution in [0.2, 0.25) is 5.02 Å². The molecule has 224 valence electrons. The second-order valence-electron chi connectivity index (χ2n) is 12.5. The molecule has 2 saturated carbocycles. The Hall–Kier alpha value is -2.81. The van der Waals surface area contributed by atoms with Gasteiger partial charge in [-0.2, -0.15) is 0 Å². The number of fused-ring (bicyclic) bond motifs is 3. The predicted molar refractivity (Wildman–Crippen MR) is 166 cm³/mol. The Morgan fingerprint density at radius 2 is 2.05 bits per heavy atom. The van der Waals surface area contributed by atoms with Gasteiger partial charge in [0.2, 0.25) is 10.0 Å². The minimum absolute atomic E-state index is 0.00881. The molecule has 0 aromatic heterocycles. The molecule has 1 amide bonds. The molecular formula is C33H39ClN2O5S. The summed E-state index contributed by atoms with van der Waals surface area (Å²) in [5.41, 5.74) is 3.26. The highest BCUT2D eigenvalue weighted by Gasteiger charge is 2.47. The van der Waals surface area contributed by atoms with Gasteiger partial charge in [0.25, 0.3) is 5.91 Å². The van der Waals surface area contributed by atoms with Gasteiger partial charge in [-0.15, -0.1) is 13.2 Å². The number of aliphatic hydroxyl groups excluding tert-OH is 1. The van der Waals surface area contributed by atoms with E-state index in [0.717, 1.165) is 42.8 Å². The van der Waals surface area contributed by atoms with Crippen LogP contribution >= 0.6 is 11.6 Å². The number of rotatable bonds is 9. The summed E-state index contributed by atoms with van der Waals surface area (Å²) in [5.74, 6) is 0.420. The van der Waals surface area contributed by atoms with E-state index in [9.17, 15) is 18.3 Å². The molecule has 2 N–H and O–H groups in total. The summed E-state index contributed by atoms with van der Waals surface area (Å²) in [6.45, 7) is 9.34. The normalized spacial score (nSPS) is 28.8. The van der Waals surface area contributed by atoms with Crippen molar-refractivity contribution in [2.75, 3.05) is 24.6 Å². The molecule has 1 heterocycles. The molecule has 4 aliphatic rings. The third-order valence-electron chi connectivity index (χ3n) is 9.87. The molecular weight excluding hydrogens is 572 g/mol. The molecule has 0 radical (unpaired) electrons. The van der Waals surface area contributed by atoms with Crippen LogP contribution in [0.15, 0.2) is 61.7 Å². The fraction of sp³-hybridized carbons (Fsp3) is 0.485. The van der Waals surface area contributed by atoms with Crippen molar-refractivity contribution in [1.82, 2.24) is 4.72 Å². The second kappa shape index (κ2) is 11.4. The molecule has 1 aliphatic heterocycles. The number of halogens is 1. The Morgan fingerprint density at radius 3 is 2.79 bits per heavy atom. The van der Waals surface area contributed by atoms with Crippen LogP contribution in [0, 0.1) is 17.8 Å². The summed E-state index contributed by atoms with van der Waals surface area (Å²) in [4.78, 5) is 15.6. The van der Waals surface area contributed by atoms with Crippen LogP contribution in [0.3, 0.4) is 0 Å². The number of aliphatic hydroxyl groups is 1. The Bertz CT molecular complexity index is 1510. The summed E-state index contributed by atoms with van der Waals surface area (Å²) in [6.07, 6.45) is 8.79. The highest BCUT2D eigenvalue weighted by Crippen LogP contribution is 2.47. The number of allylic oxidation sites excluding steroid dienone is 1. The van der Waals surface area contributed by atoms with Crippen LogP contribution < -0.4 is 14.4 Å². The summed E-state index contributed by atoms with van der Waals surface area (Å²) < 4.78 is 34.6. The summed E-state index contributed by atoms with van der Waals surface area (Å²) in [5, 5.41) is 10.7. The molecule has 0 saturated heterocycles. The number of benzene rings is 2. The Labute approximate surface area is 253 Å². The predicted octanol–water partition coefficient (Wildman–Crippen LogP) is 5.41. The lowest BCUT2D eigenvalue weighted by Crippen LogP contribution is -2.49. The molecule has 2 aromatic carbocycles. The molecule has 3 aliphatic carbocycles. The molecule has 42 heavy (non-hydrogen) atoms. The third kappa shape index (κ3) is 5.49. The molecule has 1 unspecified atom stereocenters. The largest absolute Gasteiger partial charge is 0.490 e. The van der Waals surface area contributed by atoms with E-state index in [2.05, 4.69) is 34.9 Å². The third-order valence-corrected chi connectivity index (χ3v) is 12.0. The fourth-order valence-corrected chi connectivity index (χ4v) is 9.15. The second-order valence-corrected chi connectivity index (χ2v) is 14.9. The number of nitrogens with one attached hydrogen (secondary N) is 1. The highest BCUT2D eigenvalue weighted by molar-refractivity contribution is 7.91. The highest BCUT2D eigenvalue weighted by atomic mass is 35.5. The van der Waals surface area contributed by atoms with Crippen molar-refractivity contribution >= 4 is 33.2 Å². The molecule has 1 spiro atoms. The number of sulfonamides is 1. The summed E-state index contributed by atoms with van der Waals surface area (Å²) in [7, 11) is -3.78. The quantitative estimate of drug-likeness (QED) is 0.369. The molecule has 6 atom stereocenters. The fourth-order valence-electron chi connectivity index (χ4n) is 7.31. The Balaban J connectivity index is 1.32. The number of amides is 1. The van der Waals surface area contributed by atoms with E-state index in [0.29, 0.717) is 38.3 Å². The van der Waals surface area contributed by atoms with Crippen LogP contribution in [0.4, 0.5) is 5.69 Å². The lowest BCUT2D eigenvalue weighted by Gasteiger charge is -2.45. The van der Waals surface area contributed by atoms with E-state index in [1.54, 1.807) is 30.4 Å². The van der Waals surface area contributed by atoms with Crippen molar-refractivity contribution in [2.45, 2.75) is 61.7 Å². The smallest absolute Gasteiger partial charge is 0.264 e. The van der Waals surface area contributed by atoms with Gasteiger partial charge in [0.15, 0.2) is 0 Å². The van der Waals surface area contributed by atoms with Gasteiger partial charge in [-0.25, -0.2) is 13.1 Å². The average Bonchev–Trinajstić information content (AvgIpc) is 3.75.